The number of anilines is 2. The van der Waals surface area contributed by atoms with Gasteiger partial charge in [-0.25, -0.2) is 14.5 Å². The van der Waals surface area contributed by atoms with Gasteiger partial charge in [0.1, 0.15) is 0 Å². The minimum atomic E-state index is -1.24. The summed E-state index contributed by atoms with van der Waals surface area (Å²) in [4.78, 5) is 61.3. The number of nitrogens with one attached hydrogen (secondary N) is 1. The molecule has 1 saturated heterocycles. The lowest BCUT2D eigenvalue weighted by Gasteiger charge is -2.15. The number of esters is 1. The van der Waals surface area contributed by atoms with E-state index in [0.717, 1.165) is 17.1 Å². The lowest BCUT2D eigenvalue weighted by atomic mass is 10.2. The second kappa shape index (κ2) is 10.6. The molecule has 1 atom stereocenters. The molecule has 10 heteroatoms. The van der Waals surface area contributed by atoms with Gasteiger partial charge in [0.15, 0.2) is 0 Å². The Morgan fingerprint density at radius 1 is 1.15 bits per heavy atom. The van der Waals surface area contributed by atoms with Crippen LogP contribution < -0.4 is 10.2 Å². The van der Waals surface area contributed by atoms with Crippen LogP contribution in [-0.4, -0.2) is 46.6 Å². The molecular weight excluding hydrogens is 448 g/mol. The maximum Gasteiger partial charge on any atom is 0.338 e. The number of ether oxygens (including phenoxy) is 1. The number of imide groups is 1. The first-order valence-electron chi connectivity index (χ1n) is 9.91. The van der Waals surface area contributed by atoms with Gasteiger partial charge in [0.05, 0.1) is 23.1 Å². The summed E-state index contributed by atoms with van der Waals surface area (Å²) < 4.78 is 4.93. The number of carboxylic acid groups (broad SMARTS) is 1. The third kappa shape index (κ3) is 6.07. The Hall–Kier alpha value is -3.92. The molecule has 33 heavy (non-hydrogen) atoms. The zero-order valence-corrected chi connectivity index (χ0v) is 18.3. The van der Waals surface area contributed by atoms with Gasteiger partial charge in [-0.05, 0) is 49.4 Å². The van der Waals surface area contributed by atoms with Crippen LogP contribution in [0.5, 0.6) is 0 Å². The lowest BCUT2D eigenvalue weighted by molar-refractivity contribution is -0.131. The highest BCUT2D eigenvalue weighted by Gasteiger charge is 2.40. The highest BCUT2D eigenvalue weighted by Crippen LogP contribution is 2.35. The van der Waals surface area contributed by atoms with E-state index in [9.17, 15) is 24.0 Å². The number of carboxylic acids is 1. The van der Waals surface area contributed by atoms with Crippen LogP contribution in [0.15, 0.2) is 65.6 Å². The molecule has 0 radical (unpaired) electrons. The Morgan fingerprint density at radius 2 is 1.88 bits per heavy atom. The quantitative estimate of drug-likeness (QED) is 0.344. The topological polar surface area (TPSA) is 130 Å². The number of hydrogen-bond donors (Lipinski definition) is 2. The highest BCUT2D eigenvalue weighted by atomic mass is 32.2. The van der Waals surface area contributed by atoms with Crippen LogP contribution in [0.2, 0.25) is 0 Å². The molecule has 2 aromatic carbocycles. The molecular formula is C23H20N2O7S. The van der Waals surface area contributed by atoms with Gasteiger partial charge in [0.2, 0.25) is 17.7 Å². The molecule has 2 N–H and O–H groups in total. The molecule has 3 amide bonds. The highest BCUT2D eigenvalue weighted by molar-refractivity contribution is 8.00. The first-order valence-corrected chi connectivity index (χ1v) is 10.8. The van der Waals surface area contributed by atoms with E-state index in [1.165, 1.54) is 36.0 Å². The molecule has 1 unspecified atom stereocenters. The van der Waals surface area contributed by atoms with E-state index in [-0.39, 0.29) is 24.8 Å². The van der Waals surface area contributed by atoms with Gasteiger partial charge in [-0.1, -0.05) is 6.07 Å². The fraction of sp³-hybridized carbons (Fsp3) is 0.174. The molecule has 9 nitrogen and oxygen atoms in total. The molecule has 0 aromatic heterocycles. The average molecular weight is 468 g/mol. The van der Waals surface area contributed by atoms with Gasteiger partial charge >= 0.3 is 11.9 Å². The Balaban J connectivity index is 1.68. The average Bonchev–Trinajstić information content (AvgIpc) is 3.05. The monoisotopic (exact) mass is 468 g/mol. The van der Waals surface area contributed by atoms with Gasteiger partial charge in [0, 0.05) is 29.2 Å². The lowest BCUT2D eigenvalue weighted by Crippen LogP contribution is -2.31. The van der Waals surface area contributed by atoms with Gasteiger partial charge in [-0.15, -0.1) is 11.8 Å². The van der Waals surface area contributed by atoms with Crippen molar-refractivity contribution in [2.45, 2.75) is 23.5 Å². The molecule has 2 aromatic rings. The smallest absolute Gasteiger partial charge is 0.338 e. The zero-order chi connectivity index (χ0) is 24.0. The van der Waals surface area contributed by atoms with Crippen LogP contribution in [0, 0.1) is 0 Å². The Morgan fingerprint density at radius 3 is 2.55 bits per heavy atom. The molecule has 0 spiro atoms. The van der Waals surface area contributed by atoms with E-state index in [1.807, 2.05) is 0 Å². The number of benzene rings is 2. The Labute approximate surface area is 193 Å². The second-order valence-electron chi connectivity index (χ2n) is 6.83. The Kier molecular flexibility index (Phi) is 7.62. The molecule has 0 bridgehead atoms. The van der Waals surface area contributed by atoms with E-state index in [4.69, 9.17) is 9.84 Å². The summed E-state index contributed by atoms with van der Waals surface area (Å²) in [5.74, 6) is -3.07. The van der Waals surface area contributed by atoms with Crippen molar-refractivity contribution in [3.8, 4) is 0 Å². The number of carbonyl (C=O) groups excluding carboxylic acids is 4. The number of rotatable bonds is 8. The molecule has 0 aliphatic carbocycles. The number of aliphatic carboxylic acids is 1. The third-order valence-corrected chi connectivity index (χ3v) is 5.68. The van der Waals surface area contributed by atoms with Crippen LogP contribution in [0.4, 0.5) is 11.4 Å². The van der Waals surface area contributed by atoms with Gasteiger partial charge < -0.3 is 15.2 Å². The maximum absolute atomic E-state index is 12.9. The van der Waals surface area contributed by atoms with Gasteiger partial charge in [-0.2, -0.15) is 0 Å². The van der Waals surface area contributed by atoms with Crippen molar-refractivity contribution in [3.63, 3.8) is 0 Å². The van der Waals surface area contributed by atoms with Gasteiger partial charge in [0.25, 0.3) is 0 Å². The van der Waals surface area contributed by atoms with Crippen molar-refractivity contribution in [1.29, 1.82) is 0 Å². The van der Waals surface area contributed by atoms with Crippen LogP contribution in [0.3, 0.4) is 0 Å². The number of hydrogen-bond acceptors (Lipinski definition) is 7. The van der Waals surface area contributed by atoms with Crippen molar-refractivity contribution in [1.82, 2.24) is 0 Å². The number of nitrogens with zero attached hydrogens (tertiary/aromatic N) is 1. The third-order valence-electron chi connectivity index (χ3n) is 4.50. The molecule has 3 rings (SSSR count). The van der Waals surface area contributed by atoms with Crippen LogP contribution in [0.1, 0.15) is 23.7 Å². The minimum Gasteiger partial charge on any atom is -0.478 e. The molecule has 1 aliphatic rings. The fourth-order valence-electron chi connectivity index (χ4n) is 3.07. The van der Waals surface area contributed by atoms with E-state index in [2.05, 4.69) is 5.32 Å². The van der Waals surface area contributed by atoms with E-state index in [0.29, 0.717) is 21.8 Å². The SMILES string of the molecule is CCOC(=O)c1ccc(N2C(=O)CC(Sc3cccc(NC(=O)/C=C/C(=O)O)c3)C2=O)cc1. The summed E-state index contributed by atoms with van der Waals surface area (Å²) >= 11 is 1.19. The van der Waals surface area contributed by atoms with Crippen molar-refractivity contribution < 1.29 is 33.8 Å². The summed E-state index contributed by atoms with van der Waals surface area (Å²) in [7, 11) is 0. The van der Waals surface area contributed by atoms with Crippen molar-refractivity contribution in [3.05, 3.63) is 66.2 Å². The van der Waals surface area contributed by atoms with Crippen LogP contribution in [0.25, 0.3) is 0 Å². The summed E-state index contributed by atoms with van der Waals surface area (Å²) in [6, 6.07) is 12.7. The molecule has 170 valence electrons. The number of carbonyl (C=O) groups is 5. The number of thioether (sulfide) groups is 1. The summed E-state index contributed by atoms with van der Waals surface area (Å²) in [5.41, 5.74) is 1.11. The maximum atomic E-state index is 12.9. The normalized spacial score (nSPS) is 15.7. The van der Waals surface area contributed by atoms with Crippen molar-refractivity contribution in [2.75, 3.05) is 16.8 Å². The molecule has 0 saturated carbocycles. The largest absolute Gasteiger partial charge is 0.478 e. The van der Waals surface area contributed by atoms with E-state index >= 15 is 0 Å². The summed E-state index contributed by atoms with van der Waals surface area (Å²) in [6.07, 6.45) is 1.62. The van der Waals surface area contributed by atoms with Crippen molar-refractivity contribution in [2.24, 2.45) is 0 Å². The predicted octanol–water partition coefficient (Wildman–Crippen LogP) is 2.87. The van der Waals surface area contributed by atoms with Crippen LogP contribution >= 0.6 is 11.8 Å². The van der Waals surface area contributed by atoms with E-state index < -0.39 is 23.1 Å². The molecule has 1 fully saturated rings. The Bertz CT molecular complexity index is 1130. The molecule has 1 aliphatic heterocycles. The van der Waals surface area contributed by atoms with Crippen molar-refractivity contribution >= 4 is 52.8 Å². The standard InChI is InChI=1S/C23H20N2O7S/c1-2-32-23(31)14-6-8-16(9-7-14)25-20(27)13-18(22(25)30)33-17-5-3-4-15(12-17)24-19(26)10-11-21(28)29/h3-12,18H,2,13H2,1H3,(H,24,26)(H,28,29)/b11-10+. The zero-order valence-electron chi connectivity index (χ0n) is 17.5. The fourth-order valence-corrected chi connectivity index (χ4v) is 4.18. The first-order chi connectivity index (χ1) is 15.8. The number of amides is 3. The first kappa shape index (κ1) is 23.7. The molecule has 1 heterocycles. The predicted molar refractivity (Wildman–Crippen MR) is 121 cm³/mol. The van der Waals surface area contributed by atoms with Crippen LogP contribution in [-0.2, 0) is 23.9 Å². The second-order valence-corrected chi connectivity index (χ2v) is 8.11. The summed E-state index contributed by atoms with van der Waals surface area (Å²) in [6.45, 7) is 1.94. The van der Waals surface area contributed by atoms with E-state index in [1.54, 1.807) is 31.2 Å². The minimum absolute atomic E-state index is 0.00106. The summed E-state index contributed by atoms with van der Waals surface area (Å²) in [5, 5.41) is 10.5. The van der Waals surface area contributed by atoms with Gasteiger partial charge in [-0.3, -0.25) is 14.4 Å².